The van der Waals surface area contributed by atoms with Crippen LogP contribution >= 0.6 is 0 Å². The van der Waals surface area contributed by atoms with E-state index in [9.17, 15) is 13.2 Å². The summed E-state index contributed by atoms with van der Waals surface area (Å²) in [4.78, 5) is 13.6. The molecule has 0 spiro atoms. The second-order valence-corrected chi connectivity index (χ2v) is 7.17. The van der Waals surface area contributed by atoms with Crippen LogP contribution in [0.15, 0.2) is 59.5 Å². The molecule has 2 rings (SSSR count). The van der Waals surface area contributed by atoms with Crippen molar-refractivity contribution >= 4 is 16.1 Å². The van der Waals surface area contributed by atoms with Gasteiger partial charge in [-0.25, -0.2) is 4.79 Å². The van der Waals surface area contributed by atoms with Crippen molar-refractivity contribution in [1.29, 1.82) is 0 Å². The smallest absolute Gasteiger partial charge is 0.317 e. The average Bonchev–Trinajstić information content (AvgIpc) is 2.61. The van der Waals surface area contributed by atoms with Crippen LogP contribution in [0.4, 0.5) is 4.79 Å². The Morgan fingerprint density at radius 1 is 1.08 bits per heavy atom. The molecule has 0 atom stereocenters. The zero-order valence-electron chi connectivity index (χ0n) is 14.3. The maximum Gasteiger partial charge on any atom is 0.317 e. The molecule has 6 nitrogen and oxygen atoms in total. The van der Waals surface area contributed by atoms with Crippen LogP contribution < -0.4 is 5.32 Å². The quantitative estimate of drug-likeness (QED) is 0.768. The van der Waals surface area contributed by atoms with Gasteiger partial charge in [0.15, 0.2) is 0 Å². The van der Waals surface area contributed by atoms with E-state index in [1.807, 2.05) is 37.3 Å². The van der Waals surface area contributed by atoms with Crippen LogP contribution in [0, 0.1) is 6.92 Å². The SMILES string of the molecule is CNC(=O)N(CCOS(=O)(=O)c1ccc(C)cc1)Cc1ccccc1. The minimum Gasteiger partial charge on any atom is -0.341 e. The van der Waals surface area contributed by atoms with Crippen molar-refractivity contribution in [2.75, 3.05) is 20.2 Å². The van der Waals surface area contributed by atoms with Crippen LogP contribution in [0.5, 0.6) is 0 Å². The molecule has 25 heavy (non-hydrogen) atoms. The summed E-state index contributed by atoms with van der Waals surface area (Å²) in [5.74, 6) is 0. The Morgan fingerprint density at radius 3 is 2.32 bits per heavy atom. The van der Waals surface area contributed by atoms with Crippen molar-refractivity contribution in [3.05, 3.63) is 65.7 Å². The molecule has 0 aliphatic rings. The van der Waals surface area contributed by atoms with Gasteiger partial charge in [-0.3, -0.25) is 4.18 Å². The van der Waals surface area contributed by atoms with Crippen LogP contribution in [-0.2, 0) is 20.8 Å². The third-order valence-electron chi connectivity index (χ3n) is 3.63. The molecule has 0 radical (unpaired) electrons. The summed E-state index contributed by atoms with van der Waals surface area (Å²) in [6, 6.07) is 15.6. The number of benzene rings is 2. The molecule has 0 aromatic heterocycles. The van der Waals surface area contributed by atoms with E-state index in [-0.39, 0.29) is 24.1 Å². The van der Waals surface area contributed by atoms with E-state index in [1.165, 1.54) is 24.1 Å². The third-order valence-corrected chi connectivity index (χ3v) is 4.95. The van der Waals surface area contributed by atoms with Crippen molar-refractivity contribution < 1.29 is 17.4 Å². The van der Waals surface area contributed by atoms with Gasteiger partial charge in [0.25, 0.3) is 10.1 Å². The summed E-state index contributed by atoms with van der Waals surface area (Å²) < 4.78 is 29.4. The summed E-state index contributed by atoms with van der Waals surface area (Å²) in [5, 5.41) is 2.55. The van der Waals surface area contributed by atoms with Gasteiger partial charge >= 0.3 is 6.03 Å². The van der Waals surface area contributed by atoms with Gasteiger partial charge in [0, 0.05) is 20.1 Å². The molecule has 2 aromatic carbocycles. The summed E-state index contributed by atoms with van der Waals surface area (Å²) in [6.07, 6.45) is 0. The van der Waals surface area contributed by atoms with Crippen LogP contribution in [0.1, 0.15) is 11.1 Å². The van der Waals surface area contributed by atoms with E-state index >= 15 is 0 Å². The molecule has 134 valence electrons. The number of hydrogen-bond donors (Lipinski definition) is 1. The average molecular weight is 362 g/mol. The minimum atomic E-state index is -3.84. The lowest BCUT2D eigenvalue weighted by molar-refractivity contribution is 0.182. The van der Waals surface area contributed by atoms with Crippen molar-refractivity contribution in [3.8, 4) is 0 Å². The van der Waals surface area contributed by atoms with E-state index in [4.69, 9.17) is 4.18 Å². The van der Waals surface area contributed by atoms with E-state index in [1.54, 1.807) is 12.1 Å². The molecule has 2 amide bonds. The number of hydrogen-bond acceptors (Lipinski definition) is 4. The monoisotopic (exact) mass is 362 g/mol. The van der Waals surface area contributed by atoms with Crippen molar-refractivity contribution in [1.82, 2.24) is 10.2 Å². The standard InChI is InChI=1S/C18H22N2O4S/c1-15-8-10-17(11-9-15)25(22,23)24-13-12-20(18(21)19-2)14-16-6-4-3-5-7-16/h3-11H,12-14H2,1-2H3,(H,19,21). The molecule has 0 fully saturated rings. The first kappa shape index (κ1) is 19.0. The van der Waals surface area contributed by atoms with Gasteiger partial charge in [-0.15, -0.1) is 0 Å². The van der Waals surface area contributed by atoms with Crippen LogP contribution in [0.3, 0.4) is 0 Å². The zero-order valence-corrected chi connectivity index (χ0v) is 15.1. The molecule has 0 aliphatic heterocycles. The normalized spacial score (nSPS) is 11.1. The maximum atomic E-state index is 12.2. The lowest BCUT2D eigenvalue weighted by Gasteiger charge is -2.22. The number of nitrogens with zero attached hydrogens (tertiary/aromatic N) is 1. The number of urea groups is 1. The lowest BCUT2D eigenvalue weighted by Crippen LogP contribution is -2.39. The Labute approximate surface area is 148 Å². The highest BCUT2D eigenvalue weighted by molar-refractivity contribution is 7.86. The predicted octanol–water partition coefficient (Wildman–Crippen LogP) is 2.54. The van der Waals surface area contributed by atoms with E-state index in [2.05, 4.69) is 5.32 Å². The largest absolute Gasteiger partial charge is 0.341 e. The first-order valence-corrected chi connectivity index (χ1v) is 9.30. The van der Waals surface area contributed by atoms with Crippen molar-refractivity contribution in [2.24, 2.45) is 0 Å². The second-order valence-electron chi connectivity index (χ2n) is 5.55. The van der Waals surface area contributed by atoms with E-state index in [0.29, 0.717) is 6.54 Å². The molecule has 7 heteroatoms. The predicted molar refractivity (Wildman–Crippen MR) is 95.6 cm³/mol. The van der Waals surface area contributed by atoms with E-state index < -0.39 is 10.1 Å². The van der Waals surface area contributed by atoms with Crippen LogP contribution in [0.25, 0.3) is 0 Å². The number of amides is 2. The fraction of sp³-hybridized carbons (Fsp3) is 0.278. The van der Waals surface area contributed by atoms with Crippen molar-refractivity contribution in [2.45, 2.75) is 18.4 Å². The highest BCUT2D eigenvalue weighted by atomic mass is 32.2. The van der Waals surface area contributed by atoms with Gasteiger partial charge in [0.2, 0.25) is 0 Å². The Balaban J connectivity index is 1.98. The van der Waals surface area contributed by atoms with Crippen molar-refractivity contribution in [3.63, 3.8) is 0 Å². The Bertz CT molecular complexity index is 790. The summed E-state index contributed by atoms with van der Waals surface area (Å²) in [5.41, 5.74) is 1.92. The molecular formula is C18H22N2O4S. The van der Waals surface area contributed by atoms with E-state index in [0.717, 1.165) is 11.1 Å². The number of rotatable bonds is 7. The summed E-state index contributed by atoms with van der Waals surface area (Å²) in [6.45, 7) is 2.28. The van der Waals surface area contributed by atoms with Gasteiger partial charge < -0.3 is 10.2 Å². The van der Waals surface area contributed by atoms with Gasteiger partial charge in [-0.05, 0) is 24.6 Å². The number of carbonyl (C=O) groups excluding carboxylic acids is 1. The Morgan fingerprint density at radius 2 is 1.72 bits per heavy atom. The third kappa shape index (κ3) is 5.58. The lowest BCUT2D eigenvalue weighted by atomic mass is 10.2. The molecular weight excluding hydrogens is 340 g/mol. The van der Waals surface area contributed by atoms with Gasteiger partial charge in [-0.2, -0.15) is 8.42 Å². The molecule has 1 N–H and O–H groups in total. The number of aryl methyl sites for hydroxylation is 1. The highest BCUT2D eigenvalue weighted by Gasteiger charge is 2.17. The molecule has 2 aromatic rings. The first-order valence-electron chi connectivity index (χ1n) is 7.89. The first-order chi connectivity index (χ1) is 11.9. The molecule has 0 aliphatic carbocycles. The van der Waals surface area contributed by atoms with Crippen LogP contribution in [0.2, 0.25) is 0 Å². The van der Waals surface area contributed by atoms with Gasteiger partial charge in [-0.1, -0.05) is 48.0 Å². The maximum absolute atomic E-state index is 12.2. The topological polar surface area (TPSA) is 75.7 Å². The molecule has 0 saturated carbocycles. The molecule has 0 saturated heterocycles. The molecule has 0 unspecified atom stereocenters. The summed E-state index contributed by atoms with van der Waals surface area (Å²) in [7, 11) is -2.30. The van der Waals surface area contributed by atoms with Crippen LogP contribution in [-0.4, -0.2) is 39.5 Å². The number of carbonyl (C=O) groups is 1. The van der Waals surface area contributed by atoms with Gasteiger partial charge in [0.05, 0.1) is 11.5 Å². The Hall–Kier alpha value is -2.38. The molecule has 0 heterocycles. The highest BCUT2D eigenvalue weighted by Crippen LogP contribution is 2.13. The minimum absolute atomic E-state index is 0.104. The second kappa shape index (κ2) is 8.64. The fourth-order valence-electron chi connectivity index (χ4n) is 2.24. The molecule has 0 bridgehead atoms. The number of nitrogens with one attached hydrogen (secondary N) is 1. The zero-order chi connectivity index (χ0) is 18.3. The Kier molecular flexibility index (Phi) is 6.55. The van der Waals surface area contributed by atoms with Gasteiger partial charge in [0.1, 0.15) is 0 Å². The fourth-order valence-corrected chi connectivity index (χ4v) is 3.14. The summed E-state index contributed by atoms with van der Waals surface area (Å²) >= 11 is 0.